The van der Waals surface area contributed by atoms with E-state index in [0.717, 1.165) is 19.0 Å². The van der Waals surface area contributed by atoms with Gasteiger partial charge in [0.25, 0.3) is 0 Å². The maximum absolute atomic E-state index is 5.38. The molecule has 0 aromatic carbocycles. The van der Waals surface area contributed by atoms with Crippen molar-refractivity contribution in [3.63, 3.8) is 0 Å². The van der Waals surface area contributed by atoms with Crippen molar-refractivity contribution in [2.24, 2.45) is 0 Å². The number of aromatic nitrogens is 2. The summed E-state index contributed by atoms with van der Waals surface area (Å²) in [6, 6.07) is 3.19. The molecule has 2 unspecified atom stereocenters. The van der Waals surface area contributed by atoms with Crippen LogP contribution in [-0.2, 0) is 4.74 Å². The molecule has 12 heavy (non-hydrogen) atoms. The fraction of sp³-hybridized carbons (Fsp3) is 0.625. The van der Waals surface area contributed by atoms with Crippen LogP contribution in [-0.4, -0.2) is 35.5 Å². The molecule has 0 spiro atoms. The summed E-state index contributed by atoms with van der Waals surface area (Å²) < 4.78 is 5.38. The Labute approximate surface area is 70.5 Å². The van der Waals surface area contributed by atoms with Crippen molar-refractivity contribution in [2.75, 3.05) is 18.1 Å². The van der Waals surface area contributed by atoms with Crippen molar-refractivity contribution < 1.29 is 4.74 Å². The largest absolute Gasteiger partial charge is 0.377 e. The van der Waals surface area contributed by atoms with Crippen LogP contribution in [0.4, 0.5) is 5.82 Å². The van der Waals surface area contributed by atoms with Gasteiger partial charge in [0, 0.05) is 6.07 Å². The first-order valence-corrected chi connectivity index (χ1v) is 4.30. The Hall–Kier alpha value is -1.03. The molecule has 1 aromatic rings. The normalized spacial score (nSPS) is 33.2. The monoisotopic (exact) mass is 165 g/mol. The molecule has 2 aliphatic heterocycles. The van der Waals surface area contributed by atoms with Crippen molar-refractivity contribution in [3.8, 4) is 0 Å². The number of aromatic amines is 1. The number of fused-ring (bicyclic) bond motifs is 2. The maximum atomic E-state index is 5.38. The van der Waals surface area contributed by atoms with Crippen LogP contribution in [0.3, 0.4) is 0 Å². The van der Waals surface area contributed by atoms with Crippen molar-refractivity contribution in [1.82, 2.24) is 10.2 Å². The smallest absolute Gasteiger partial charge is 0.124 e. The average molecular weight is 165 g/mol. The summed E-state index contributed by atoms with van der Waals surface area (Å²) in [5.41, 5.74) is 0. The molecule has 2 atom stereocenters. The van der Waals surface area contributed by atoms with Gasteiger partial charge in [0.05, 0.1) is 31.5 Å². The van der Waals surface area contributed by atoms with Crippen LogP contribution >= 0.6 is 0 Å². The van der Waals surface area contributed by atoms with Crippen LogP contribution < -0.4 is 4.90 Å². The van der Waals surface area contributed by atoms with E-state index in [0.29, 0.717) is 12.1 Å². The van der Waals surface area contributed by atoms with Crippen molar-refractivity contribution in [3.05, 3.63) is 12.3 Å². The number of rotatable bonds is 1. The van der Waals surface area contributed by atoms with E-state index in [4.69, 9.17) is 4.74 Å². The van der Waals surface area contributed by atoms with Gasteiger partial charge in [-0.3, -0.25) is 5.10 Å². The number of morpholine rings is 1. The molecule has 0 amide bonds. The van der Waals surface area contributed by atoms with Gasteiger partial charge >= 0.3 is 0 Å². The van der Waals surface area contributed by atoms with E-state index in [9.17, 15) is 0 Å². The van der Waals surface area contributed by atoms with Gasteiger partial charge in [-0.05, 0) is 6.42 Å². The van der Waals surface area contributed by atoms with Crippen molar-refractivity contribution in [1.29, 1.82) is 0 Å². The summed E-state index contributed by atoms with van der Waals surface area (Å²) in [5.74, 6) is 1.14. The fourth-order valence-corrected chi connectivity index (χ4v) is 2.12. The Balaban J connectivity index is 1.86. The lowest BCUT2D eigenvalue weighted by Crippen LogP contribution is -2.64. The molecule has 4 nitrogen and oxygen atoms in total. The molecule has 3 heterocycles. The zero-order chi connectivity index (χ0) is 7.97. The van der Waals surface area contributed by atoms with E-state index in [2.05, 4.69) is 15.1 Å². The van der Waals surface area contributed by atoms with Gasteiger partial charge < -0.3 is 9.64 Å². The minimum Gasteiger partial charge on any atom is -0.377 e. The Bertz CT molecular complexity index is 258. The molecule has 2 fully saturated rings. The molecule has 0 saturated carbocycles. The molecule has 4 heteroatoms. The average Bonchev–Trinajstić information content (AvgIpc) is 2.58. The summed E-state index contributed by atoms with van der Waals surface area (Å²) in [6.07, 6.45) is 3.07. The summed E-state index contributed by atoms with van der Waals surface area (Å²) in [6.45, 7) is 1.74. The third kappa shape index (κ3) is 0.728. The van der Waals surface area contributed by atoms with Crippen LogP contribution in [0, 0.1) is 0 Å². The highest BCUT2D eigenvalue weighted by atomic mass is 16.5. The van der Waals surface area contributed by atoms with Crippen LogP contribution in [0.25, 0.3) is 0 Å². The molecule has 1 aromatic heterocycles. The highest BCUT2D eigenvalue weighted by molar-refractivity contribution is 5.44. The highest BCUT2D eigenvalue weighted by Gasteiger charge is 2.42. The predicted molar refractivity (Wildman–Crippen MR) is 44.1 cm³/mol. The zero-order valence-electron chi connectivity index (χ0n) is 6.73. The van der Waals surface area contributed by atoms with E-state index >= 15 is 0 Å². The quantitative estimate of drug-likeness (QED) is 0.654. The second-order valence-electron chi connectivity index (χ2n) is 3.43. The maximum Gasteiger partial charge on any atom is 0.124 e. The number of hydrogen-bond acceptors (Lipinski definition) is 3. The molecule has 0 radical (unpaired) electrons. The second-order valence-corrected chi connectivity index (χ2v) is 3.43. The van der Waals surface area contributed by atoms with Crippen molar-refractivity contribution >= 4 is 5.82 Å². The van der Waals surface area contributed by atoms with Crippen LogP contribution in [0.15, 0.2) is 12.3 Å². The summed E-state index contributed by atoms with van der Waals surface area (Å²) in [7, 11) is 0. The van der Waals surface area contributed by atoms with Gasteiger partial charge in [-0.1, -0.05) is 0 Å². The van der Waals surface area contributed by atoms with Gasteiger partial charge in [0.1, 0.15) is 5.82 Å². The van der Waals surface area contributed by atoms with Crippen molar-refractivity contribution in [2.45, 2.75) is 18.5 Å². The number of nitrogens with zero attached hydrogens (tertiary/aromatic N) is 2. The van der Waals surface area contributed by atoms with E-state index in [1.807, 2.05) is 6.07 Å². The molecule has 2 bridgehead atoms. The van der Waals surface area contributed by atoms with Gasteiger partial charge in [0.15, 0.2) is 0 Å². The predicted octanol–water partition coefficient (Wildman–Crippen LogP) is 0.387. The Kier molecular flexibility index (Phi) is 1.20. The number of hydrogen-bond donors (Lipinski definition) is 1. The Morgan fingerprint density at radius 2 is 2.33 bits per heavy atom. The Morgan fingerprint density at radius 3 is 2.92 bits per heavy atom. The molecule has 64 valence electrons. The molecule has 3 rings (SSSR count). The topological polar surface area (TPSA) is 41.1 Å². The van der Waals surface area contributed by atoms with Gasteiger partial charge in [-0.25, -0.2) is 0 Å². The van der Waals surface area contributed by atoms with Crippen LogP contribution in [0.1, 0.15) is 6.42 Å². The summed E-state index contributed by atoms with van der Waals surface area (Å²) >= 11 is 0. The zero-order valence-corrected chi connectivity index (χ0v) is 6.73. The lowest BCUT2D eigenvalue weighted by atomic mass is 9.91. The summed E-state index contributed by atoms with van der Waals surface area (Å²) in [5, 5.41) is 6.93. The van der Waals surface area contributed by atoms with E-state index in [1.54, 1.807) is 6.20 Å². The standard InChI is InChI=1S/C8H11N3O/c1-2-9-10-8(1)11-6-3-7(11)5-12-4-6/h1-2,6-7H,3-5H2,(H,9,10). The van der Waals surface area contributed by atoms with E-state index < -0.39 is 0 Å². The lowest BCUT2D eigenvalue weighted by molar-refractivity contribution is 0.00970. The van der Waals surface area contributed by atoms with Gasteiger partial charge in [-0.2, -0.15) is 5.10 Å². The molecular formula is C8H11N3O. The SMILES string of the molecule is c1cc(N2C3COCC2C3)[nH]n1. The third-order valence-electron chi connectivity index (χ3n) is 2.72. The molecular weight excluding hydrogens is 154 g/mol. The minimum atomic E-state index is 0.587. The van der Waals surface area contributed by atoms with Crippen LogP contribution in [0.5, 0.6) is 0 Å². The first-order valence-electron chi connectivity index (χ1n) is 4.30. The van der Waals surface area contributed by atoms with Gasteiger partial charge in [0.2, 0.25) is 0 Å². The second kappa shape index (κ2) is 2.23. The number of H-pyrrole nitrogens is 1. The molecule has 1 N–H and O–H groups in total. The first-order chi connectivity index (χ1) is 5.95. The molecule has 2 saturated heterocycles. The molecule has 0 aliphatic carbocycles. The number of ether oxygens (including phenoxy) is 1. The first kappa shape index (κ1) is 6.48. The fourth-order valence-electron chi connectivity index (χ4n) is 2.12. The highest BCUT2D eigenvalue weighted by Crippen LogP contribution is 2.34. The number of anilines is 1. The Morgan fingerprint density at radius 1 is 1.50 bits per heavy atom. The minimum absolute atomic E-state index is 0.587. The van der Waals surface area contributed by atoms with Gasteiger partial charge in [-0.15, -0.1) is 0 Å². The third-order valence-corrected chi connectivity index (χ3v) is 2.72. The molecule has 2 aliphatic rings. The van der Waals surface area contributed by atoms with Crippen LogP contribution in [0.2, 0.25) is 0 Å². The lowest BCUT2D eigenvalue weighted by Gasteiger charge is -2.52. The van der Waals surface area contributed by atoms with E-state index in [-0.39, 0.29) is 0 Å². The van der Waals surface area contributed by atoms with E-state index in [1.165, 1.54) is 6.42 Å². The summed E-state index contributed by atoms with van der Waals surface area (Å²) in [4.78, 5) is 2.37. The number of nitrogens with one attached hydrogen (secondary N) is 1.